The molecule has 204 valence electrons. The highest BCUT2D eigenvalue weighted by atomic mass is 28.4. The van der Waals surface area contributed by atoms with Gasteiger partial charge in [-0.3, -0.25) is 9.59 Å². The van der Waals surface area contributed by atoms with Crippen LogP contribution in [-0.4, -0.2) is 75.7 Å². The molecule has 1 unspecified atom stereocenters. The minimum atomic E-state index is -2.14. The molecule has 1 saturated carbocycles. The number of hydrogen-bond acceptors (Lipinski definition) is 8. The molecule has 4 aliphatic rings. The molecule has 0 radical (unpaired) electrons. The fourth-order valence-electron chi connectivity index (χ4n) is 6.43. The predicted molar refractivity (Wildman–Crippen MR) is 136 cm³/mol. The standard InChI is InChI=1S/C27H44O8Si/c1-6-19(28)22(35-36(7-2,8-3)9-4)24-26-25(33-27(34-26)15-11-10-12-16-27)23-20(32-24)14-13-18(31-23)17-21(29)30-5/h6,18,20,22-26H,1,7-17H2,2-5H3/t18-,20+,22-,23+,24+,25+,26?/m1/s1. The van der Waals surface area contributed by atoms with Gasteiger partial charge in [0.2, 0.25) is 0 Å². The molecule has 3 aliphatic heterocycles. The van der Waals surface area contributed by atoms with Crippen LogP contribution < -0.4 is 0 Å². The molecule has 36 heavy (non-hydrogen) atoms. The van der Waals surface area contributed by atoms with Gasteiger partial charge in [-0.2, -0.15) is 0 Å². The highest BCUT2D eigenvalue weighted by molar-refractivity contribution is 6.73. The first-order valence-corrected chi connectivity index (χ1v) is 16.4. The lowest BCUT2D eigenvalue weighted by atomic mass is 9.86. The van der Waals surface area contributed by atoms with Gasteiger partial charge in [0.05, 0.1) is 25.7 Å². The van der Waals surface area contributed by atoms with Crippen LogP contribution in [0.2, 0.25) is 18.1 Å². The van der Waals surface area contributed by atoms with Crippen molar-refractivity contribution in [1.82, 2.24) is 0 Å². The molecule has 1 aliphatic carbocycles. The Kier molecular flexibility index (Phi) is 9.11. The van der Waals surface area contributed by atoms with Crippen LogP contribution in [-0.2, 0) is 37.7 Å². The molecule has 0 bridgehead atoms. The minimum Gasteiger partial charge on any atom is -0.469 e. The quantitative estimate of drug-likeness (QED) is 0.235. The van der Waals surface area contributed by atoms with Crippen LogP contribution in [0.1, 0.15) is 72.1 Å². The maximum Gasteiger partial charge on any atom is 0.308 e. The molecule has 8 nitrogen and oxygen atoms in total. The lowest BCUT2D eigenvalue weighted by molar-refractivity contribution is -0.250. The van der Waals surface area contributed by atoms with Crippen molar-refractivity contribution in [3.8, 4) is 0 Å². The molecular formula is C27H44O8Si. The lowest BCUT2D eigenvalue weighted by Gasteiger charge is -2.48. The van der Waals surface area contributed by atoms with E-state index < -0.39 is 38.5 Å². The SMILES string of the molecule is C=CC(=O)[C@@H](O[Si](CC)(CC)CC)[C@@H]1O[C@H]2CC[C@H](CC(=O)OC)O[C@@H]2[C@@H]2OC3(CCCCC3)OC21. The van der Waals surface area contributed by atoms with E-state index in [4.69, 9.17) is 28.1 Å². The third kappa shape index (κ3) is 5.52. The normalized spacial score (nSPS) is 34.4. The predicted octanol–water partition coefficient (Wildman–Crippen LogP) is 4.45. The molecular weight excluding hydrogens is 480 g/mol. The Balaban J connectivity index is 1.64. The van der Waals surface area contributed by atoms with Crippen molar-refractivity contribution in [1.29, 1.82) is 0 Å². The Labute approximate surface area is 216 Å². The maximum atomic E-state index is 13.3. The number of carbonyl (C=O) groups is 2. The molecule has 0 aromatic rings. The van der Waals surface area contributed by atoms with E-state index in [-0.39, 0.29) is 36.5 Å². The average molecular weight is 525 g/mol. The third-order valence-electron chi connectivity index (χ3n) is 8.82. The van der Waals surface area contributed by atoms with Gasteiger partial charge >= 0.3 is 5.97 Å². The van der Waals surface area contributed by atoms with Crippen LogP contribution in [0.25, 0.3) is 0 Å². The summed E-state index contributed by atoms with van der Waals surface area (Å²) in [6.45, 7) is 10.2. The molecule has 7 atom stereocenters. The van der Waals surface area contributed by atoms with Crippen LogP contribution in [0.5, 0.6) is 0 Å². The summed E-state index contributed by atoms with van der Waals surface area (Å²) >= 11 is 0. The molecule has 1 spiro atoms. The molecule has 3 saturated heterocycles. The van der Waals surface area contributed by atoms with Crippen molar-refractivity contribution >= 4 is 20.1 Å². The lowest BCUT2D eigenvalue weighted by Crippen LogP contribution is -2.64. The van der Waals surface area contributed by atoms with E-state index in [1.165, 1.54) is 13.2 Å². The van der Waals surface area contributed by atoms with Gasteiger partial charge in [-0.25, -0.2) is 0 Å². The van der Waals surface area contributed by atoms with Gasteiger partial charge in [0.1, 0.15) is 30.5 Å². The van der Waals surface area contributed by atoms with E-state index in [0.29, 0.717) is 12.8 Å². The fraction of sp³-hybridized carbons (Fsp3) is 0.852. The number of carbonyl (C=O) groups excluding carboxylic acids is 2. The summed E-state index contributed by atoms with van der Waals surface area (Å²) in [6.07, 6.45) is 4.63. The average Bonchev–Trinajstić information content (AvgIpc) is 3.28. The van der Waals surface area contributed by atoms with Gasteiger partial charge in [0.25, 0.3) is 0 Å². The summed E-state index contributed by atoms with van der Waals surface area (Å²) in [5.41, 5.74) is 0. The highest BCUT2D eigenvalue weighted by Gasteiger charge is 2.62. The highest BCUT2D eigenvalue weighted by Crippen LogP contribution is 2.48. The first-order chi connectivity index (χ1) is 17.3. The molecule has 0 amide bonds. The molecule has 0 aromatic carbocycles. The zero-order valence-electron chi connectivity index (χ0n) is 22.4. The zero-order valence-corrected chi connectivity index (χ0v) is 23.4. The summed E-state index contributed by atoms with van der Waals surface area (Å²) in [5, 5.41) is 0. The second-order valence-corrected chi connectivity index (χ2v) is 15.5. The first-order valence-electron chi connectivity index (χ1n) is 13.9. The van der Waals surface area contributed by atoms with Gasteiger partial charge in [-0.1, -0.05) is 33.8 Å². The second-order valence-electron chi connectivity index (χ2n) is 10.7. The molecule has 4 fully saturated rings. The van der Waals surface area contributed by atoms with Crippen molar-refractivity contribution in [3.63, 3.8) is 0 Å². The van der Waals surface area contributed by atoms with Crippen molar-refractivity contribution in [3.05, 3.63) is 12.7 Å². The van der Waals surface area contributed by atoms with E-state index >= 15 is 0 Å². The number of rotatable bonds is 10. The smallest absolute Gasteiger partial charge is 0.308 e. The van der Waals surface area contributed by atoms with E-state index in [0.717, 1.165) is 50.2 Å². The van der Waals surface area contributed by atoms with Crippen LogP contribution in [0.4, 0.5) is 0 Å². The Morgan fingerprint density at radius 2 is 1.67 bits per heavy atom. The topological polar surface area (TPSA) is 89.5 Å². The fourth-order valence-corrected chi connectivity index (χ4v) is 9.22. The Hall–Kier alpha value is -1.10. The number of esters is 1. The van der Waals surface area contributed by atoms with Crippen molar-refractivity contribution in [2.24, 2.45) is 0 Å². The van der Waals surface area contributed by atoms with Gasteiger partial charge < -0.3 is 28.1 Å². The number of methoxy groups -OCH3 is 1. The molecule has 4 rings (SSSR count). The summed E-state index contributed by atoms with van der Waals surface area (Å²) < 4.78 is 38.2. The summed E-state index contributed by atoms with van der Waals surface area (Å²) in [7, 11) is -0.749. The van der Waals surface area contributed by atoms with Crippen molar-refractivity contribution in [2.45, 2.75) is 139 Å². The molecule has 9 heteroatoms. The van der Waals surface area contributed by atoms with E-state index in [1.807, 2.05) is 0 Å². The minimum absolute atomic E-state index is 0.169. The Bertz CT molecular complexity index is 784. The number of ketones is 1. The first kappa shape index (κ1) is 27.9. The summed E-state index contributed by atoms with van der Waals surface area (Å²) in [6, 6.07) is 2.77. The van der Waals surface area contributed by atoms with E-state index in [1.54, 1.807) is 0 Å². The number of ether oxygens (including phenoxy) is 5. The van der Waals surface area contributed by atoms with Crippen molar-refractivity contribution < 1.29 is 37.7 Å². The van der Waals surface area contributed by atoms with Gasteiger partial charge in [0, 0.05) is 12.8 Å². The monoisotopic (exact) mass is 524 g/mol. The zero-order chi connectivity index (χ0) is 25.9. The van der Waals surface area contributed by atoms with Crippen LogP contribution >= 0.6 is 0 Å². The van der Waals surface area contributed by atoms with Crippen LogP contribution in [0, 0.1) is 0 Å². The van der Waals surface area contributed by atoms with Crippen LogP contribution in [0.3, 0.4) is 0 Å². The summed E-state index contributed by atoms with van der Waals surface area (Å²) in [4.78, 5) is 25.2. The molecule has 0 N–H and O–H groups in total. The number of hydrogen-bond donors (Lipinski definition) is 0. The van der Waals surface area contributed by atoms with Crippen LogP contribution in [0.15, 0.2) is 12.7 Å². The van der Waals surface area contributed by atoms with E-state index in [2.05, 4.69) is 27.4 Å². The largest absolute Gasteiger partial charge is 0.469 e. The Morgan fingerprint density at radius 1 is 1.00 bits per heavy atom. The van der Waals surface area contributed by atoms with E-state index in [9.17, 15) is 9.59 Å². The van der Waals surface area contributed by atoms with Gasteiger partial charge in [0.15, 0.2) is 19.9 Å². The Morgan fingerprint density at radius 3 is 2.28 bits per heavy atom. The molecule has 0 aromatic heterocycles. The van der Waals surface area contributed by atoms with Crippen molar-refractivity contribution in [2.75, 3.05) is 7.11 Å². The van der Waals surface area contributed by atoms with Gasteiger partial charge in [-0.05, 0) is 49.9 Å². The maximum absolute atomic E-state index is 13.3. The molecule has 3 heterocycles. The number of fused-ring (bicyclic) bond motifs is 3. The third-order valence-corrected chi connectivity index (χ3v) is 13.4. The summed E-state index contributed by atoms with van der Waals surface area (Å²) in [5.74, 6) is -1.14. The van der Waals surface area contributed by atoms with Gasteiger partial charge in [-0.15, -0.1) is 0 Å². The second kappa shape index (κ2) is 11.7.